The molecule has 6 heteroatoms. The molecule has 0 saturated carbocycles. The first kappa shape index (κ1) is 11.5. The summed E-state index contributed by atoms with van der Waals surface area (Å²) in [5, 5.41) is 0. The van der Waals surface area contributed by atoms with E-state index >= 15 is 0 Å². The van der Waals surface area contributed by atoms with Crippen molar-refractivity contribution in [2.45, 2.75) is 12.5 Å². The molecule has 0 aromatic heterocycles. The van der Waals surface area contributed by atoms with Crippen molar-refractivity contribution in [1.82, 2.24) is 0 Å². The molecule has 5 nitrogen and oxygen atoms in total. The van der Waals surface area contributed by atoms with Crippen LogP contribution in [0.4, 0.5) is 4.39 Å². The smallest absolute Gasteiger partial charge is 0.219 e. The SMILES string of the molecule is C=C(/N=C(/F)C=C(N)N)O[C@@H]1CCOC1. The number of nitrogens with two attached hydrogens (primary N) is 2. The zero-order valence-corrected chi connectivity index (χ0v) is 8.28. The lowest BCUT2D eigenvalue weighted by Gasteiger charge is -2.09. The molecule has 1 atom stereocenters. The predicted octanol–water partition coefficient (Wildman–Crippen LogP) is 0.390. The second kappa shape index (κ2) is 5.35. The Kier molecular flexibility index (Phi) is 4.11. The van der Waals surface area contributed by atoms with E-state index in [0.29, 0.717) is 13.2 Å². The Hall–Kier alpha value is -1.56. The van der Waals surface area contributed by atoms with Crippen LogP contribution in [0.5, 0.6) is 0 Å². The molecule has 1 saturated heterocycles. The average Bonchev–Trinajstić information content (AvgIpc) is 2.53. The molecule has 0 aliphatic carbocycles. The van der Waals surface area contributed by atoms with Gasteiger partial charge >= 0.3 is 0 Å². The van der Waals surface area contributed by atoms with E-state index in [9.17, 15) is 4.39 Å². The molecule has 1 heterocycles. The standard InChI is InChI=1S/C9H14FN3O2/c1-6(13-8(10)4-9(11)12)15-7-2-3-14-5-7/h4,7H,1-3,5,11-12H2/b13-8+/t7-/m1/s1. The number of allylic oxidation sites excluding steroid dienone is 1. The van der Waals surface area contributed by atoms with Gasteiger partial charge in [-0.1, -0.05) is 0 Å². The fourth-order valence-corrected chi connectivity index (χ4v) is 1.11. The number of ether oxygens (including phenoxy) is 2. The molecule has 0 radical (unpaired) electrons. The number of aliphatic imine (C=N–C) groups is 1. The highest BCUT2D eigenvalue weighted by molar-refractivity contribution is 5.87. The monoisotopic (exact) mass is 215 g/mol. The van der Waals surface area contributed by atoms with Gasteiger partial charge in [-0.2, -0.15) is 9.38 Å². The fourth-order valence-electron chi connectivity index (χ4n) is 1.11. The summed E-state index contributed by atoms with van der Waals surface area (Å²) in [5.74, 6) is -1.01. The van der Waals surface area contributed by atoms with Gasteiger partial charge < -0.3 is 20.9 Å². The Morgan fingerprint density at radius 2 is 2.33 bits per heavy atom. The largest absolute Gasteiger partial charge is 0.472 e. The highest BCUT2D eigenvalue weighted by Crippen LogP contribution is 2.12. The summed E-state index contributed by atoms with van der Waals surface area (Å²) in [6.07, 6.45) is 1.54. The second-order valence-electron chi connectivity index (χ2n) is 3.08. The van der Waals surface area contributed by atoms with Crippen LogP contribution in [0.15, 0.2) is 29.4 Å². The zero-order valence-electron chi connectivity index (χ0n) is 8.28. The summed E-state index contributed by atoms with van der Waals surface area (Å²) >= 11 is 0. The molecule has 4 N–H and O–H groups in total. The van der Waals surface area contributed by atoms with Gasteiger partial charge in [-0.25, -0.2) is 0 Å². The number of hydrogen-bond acceptors (Lipinski definition) is 5. The van der Waals surface area contributed by atoms with E-state index in [1.54, 1.807) is 0 Å². The minimum Gasteiger partial charge on any atom is -0.472 e. The van der Waals surface area contributed by atoms with Crippen LogP contribution < -0.4 is 11.5 Å². The van der Waals surface area contributed by atoms with E-state index in [0.717, 1.165) is 12.5 Å². The Bertz CT molecular complexity index is 292. The molecule has 1 fully saturated rings. The molecule has 15 heavy (non-hydrogen) atoms. The van der Waals surface area contributed by atoms with Gasteiger partial charge in [0.15, 0.2) is 0 Å². The normalized spacial score (nSPS) is 21.1. The average molecular weight is 215 g/mol. The lowest BCUT2D eigenvalue weighted by atomic mass is 10.3. The third-order valence-corrected chi connectivity index (χ3v) is 1.71. The highest BCUT2D eigenvalue weighted by atomic mass is 19.1. The molecule has 1 rings (SSSR count). The van der Waals surface area contributed by atoms with Crippen LogP contribution in [0.2, 0.25) is 0 Å². The van der Waals surface area contributed by atoms with Gasteiger partial charge in [0.25, 0.3) is 0 Å². The van der Waals surface area contributed by atoms with Crippen LogP contribution in [0.3, 0.4) is 0 Å². The van der Waals surface area contributed by atoms with Crippen molar-refractivity contribution >= 4 is 5.97 Å². The number of rotatable bonds is 4. The molecule has 1 aliphatic heterocycles. The first-order valence-corrected chi connectivity index (χ1v) is 4.48. The lowest BCUT2D eigenvalue weighted by molar-refractivity contribution is 0.0915. The zero-order chi connectivity index (χ0) is 11.3. The van der Waals surface area contributed by atoms with Gasteiger partial charge in [-0.05, 0) is 6.58 Å². The van der Waals surface area contributed by atoms with Crippen molar-refractivity contribution in [3.05, 3.63) is 24.4 Å². The molecule has 0 spiro atoms. The maximum atomic E-state index is 12.9. The summed E-state index contributed by atoms with van der Waals surface area (Å²) in [7, 11) is 0. The third kappa shape index (κ3) is 4.46. The van der Waals surface area contributed by atoms with Crippen molar-refractivity contribution in [1.29, 1.82) is 0 Å². The van der Waals surface area contributed by atoms with Crippen LogP contribution in [0.1, 0.15) is 6.42 Å². The van der Waals surface area contributed by atoms with E-state index < -0.39 is 5.97 Å². The minimum absolute atomic E-state index is 0.0134. The second-order valence-corrected chi connectivity index (χ2v) is 3.08. The minimum atomic E-state index is -0.834. The van der Waals surface area contributed by atoms with Gasteiger partial charge in [0, 0.05) is 12.5 Å². The summed E-state index contributed by atoms with van der Waals surface area (Å²) in [5.41, 5.74) is 10.1. The van der Waals surface area contributed by atoms with Crippen molar-refractivity contribution in [2.24, 2.45) is 16.5 Å². The summed E-state index contributed by atoms with van der Waals surface area (Å²) in [6.45, 7) is 4.57. The van der Waals surface area contributed by atoms with Gasteiger partial charge in [0.05, 0.1) is 19.0 Å². The molecule has 0 bridgehead atoms. The predicted molar refractivity (Wildman–Crippen MR) is 54.4 cm³/mol. The maximum Gasteiger partial charge on any atom is 0.219 e. The van der Waals surface area contributed by atoms with Crippen LogP contribution in [-0.4, -0.2) is 25.3 Å². The molecule has 1 aliphatic rings. The van der Waals surface area contributed by atoms with Crippen molar-refractivity contribution in [2.75, 3.05) is 13.2 Å². The topological polar surface area (TPSA) is 82.9 Å². The van der Waals surface area contributed by atoms with E-state index in [-0.39, 0.29) is 17.8 Å². The summed E-state index contributed by atoms with van der Waals surface area (Å²) in [6, 6.07) is 0. The molecule has 0 amide bonds. The lowest BCUT2D eigenvalue weighted by Crippen LogP contribution is -2.12. The van der Waals surface area contributed by atoms with Crippen molar-refractivity contribution in [3.8, 4) is 0 Å². The number of halogens is 1. The van der Waals surface area contributed by atoms with Crippen LogP contribution in [-0.2, 0) is 9.47 Å². The number of nitrogens with zero attached hydrogens (tertiary/aromatic N) is 1. The van der Waals surface area contributed by atoms with Gasteiger partial charge in [-0.15, -0.1) is 0 Å². The third-order valence-electron chi connectivity index (χ3n) is 1.71. The van der Waals surface area contributed by atoms with E-state index in [4.69, 9.17) is 20.9 Å². The molecule has 0 aromatic carbocycles. The Labute approximate surface area is 87.2 Å². The van der Waals surface area contributed by atoms with E-state index in [1.165, 1.54) is 0 Å². The van der Waals surface area contributed by atoms with Gasteiger partial charge in [0.2, 0.25) is 11.8 Å². The van der Waals surface area contributed by atoms with Crippen molar-refractivity contribution in [3.63, 3.8) is 0 Å². The quantitative estimate of drug-likeness (QED) is 0.525. The Morgan fingerprint density at radius 3 is 2.87 bits per heavy atom. The Balaban J connectivity index is 2.43. The first-order chi connectivity index (χ1) is 7.08. The van der Waals surface area contributed by atoms with Crippen LogP contribution in [0.25, 0.3) is 0 Å². The Morgan fingerprint density at radius 1 is 1.60 bits per heavy atom. The first-order valence-electron chi connectivity index (χ1n) is 4.48. The summed E-state index contributed by atoms with van der Waals surface area (Å²) in [4.78, 5) is 3.42. The van der Waals surface area contributed by atoms with Gasteiger partial charge in [0.1, 0.15) is 6.10 Å². The van der Waals surface area contributed by atoms with Gasteiger partial charge in [-0.3, -0.25) is 0 Å². The van der Waals surface area contributed by atoms with Crippen LogP contribution >= 0.6 is 0 Å². The van der Waals surface area contributed by atoms with E-state index in [1.807, 2.05) is 0 Å². The fraction of sp³-hybridized carbons (Fsp3) is 0.444. The summed E-state index contributed by atoms with van der Waals surface area (Å²) < 4.78 is 23.2. The molecule has 84 valence electrons. The molecular weight excluding hydrogens is 201 g/mol. The molecule has 0 unspecified atom stereocenters. The molecule has 0 aromatic rings. The van der Waals surface area contributed by atoms with Crippen molar-refractivity contribution < 1.29 is 13.9 Å². The maximum absolute atomic E-state index is 12.9. The van der Waals surface area contributed by atoms with Crippen LogP contribution in [0, 0.1) is 0 Å². The highest BCUT2D eigenvalue weighted by Gasteiger charge is 2.17. The molecular formula is C9H14FN3O2. The number of hydrogen-bond donors (Lipinski definition) is 2. The van der Waals surface area contributed by atoms with E-state index in [2.05, 4.69) is 11.6 Å².